The van der Waals surface area contributed by atoms with E-state index in [2.05, 4.69) is 5.32 Å². The summed E-state index contributed by atoms with van der Waals surface area (Å²) < 4.78 is 0. The Morgan fingerprint density at radius 2 is 2.00 bits per heavy atom. The normalized spacial score (nSPS) is 22.9. The monoisotopic (exact) mass is 314 g/mol. The minimum Gasteiger partial charge on any atom is -0.396 e. The van der Waals surface area contributed by atoms with E-state index in [1.807, 2.05) is 18.2 Å². The summed E-state index contributed by atoms with van der Waals surface area (Å²) in [6.07, 6.45) is 6.43. The van der Waals surface area contributed by atoms with E-state index in [1.165, 1.54) is 0 Å². The number of nitrogens with one attached hydrogen (secondary N) is 1. The highest BCUT2D eigenvalue weighted by atomic mass is 16.3. The molecule has 2 aliphatic carbocycles. The molecule has 5 heteroatoms. The highest BCUT2D eigenvalue weighted by Gasteiger charge is 2.33. The van der Waals surface area contributed by atoms with Crippen LogP contribution in [-0.2, 0) is 4.79 Å². The Morgan fingerprint density at radius 1 is 1.26 bits per heavy atom. The van der Waals surface area contributed by atoms with Crippen LogP contribution in [0.15, 0.2) is 36.4 Å². The Hall–Kier alpha value is -2.14. The van der Waals surface area contributed by atoms with Crippen molar-refractivity contribution in [1.29, 1.82) is 0 Å². The second-order valence-electron chi connectivity index (χ2n) is 6.33. The van der Waals surface area contributed by atoms with Crippen molar-refractivity contribution in [2.75, 3.05) is 18.6 Å². The number of hydrogen-bond donors (Lipinski definition) is 2. The predicted molar refractivity (Wildman–Crippen MR) is 88.2 cm³/mol. The molecule has 1 fully saturated rings. The fraction of sp³-hybridized carbons (Fsp3) is 0.444. The van der Waals surface area contributed by atoms with Crippen molar-refractivity contribution in [2.45, 2.75) is 25.3 Å². The van der Waals surface area contributed by atoms with Gasteiger partial charge in [-0.1, -0.05) is 24.3 Å². The highest BCUT2D eigenvalue weighted by Crippen LogP contribution is 2.33. The minimum absolute atomic E-state index is 0.0721. The van der Waals surface area contributed by atoms with Gasteiger partial charge >= 0.3 is 0 Å². The molecule has 0 saturated heterocycles. The number of anilines is 1. The Bertz CT molecular complexity index is 637. The van der Waals surface area contributed by atoms with Gasteiger partial charge in [0.25, 0.3) is 5.91 Å². The number of aliphatic hydroxyl groups is 1. The largest absolute Gasteiger partial charge is 0.396 e. The first-order valence-electron chi connectivity index (χ1n) is 8.06. The van der Waals surface area contributed by atoms with Crippen LogP contribution in [0.4, 0.5) is 5.69 Å². The first-order valence-corrected chi connectivity index (χ1v) is 8.06. The average Bonchev–Trinajstić information content (AvgIpc) is 3.33. The van der Waals surface area contributed by atoms with Crippen molar-refractivity contribution in [2.24, 2.45) is 11.8 Å². The van der Waals surface area contributed by atoms with Crippen LogP contribution in [-0.4, -0.2) is 36.6 Å². The van der Waals surface area contributed by atoms with Gasteiger partial charge < -0.3 is 15.3 Å². The number of aliphatic hydroxyl groups excluding tert-OH is 1. The molecule has 2 atom stereocenters. The van der Waals surface area contributed by atoms with Crippen molar-refractivity contribution in [1.82, 2.24) is 5.32 Å². The Balaban J connectivity index is 1.73. The summed E-state index contributed by atoms with van der Waals surface area (Å²) in [5.41, 5.74) is 1.15. The van der Waals surface area contributed by atoms with Gasteiger partial charge in [-0.3, -0.25) is 9.59 Å². The summed E-state index contributed by atoms with van der Waals surface area (Å²) in [5, 5.41) is 12.1. The molecule has 2 N–H and O–H groups in total. The van der Waals surface area contributed by atoms with E-state index in [0.717, 1.165) is 12.8 Å². The van der Waals surface area contributed by atoms with Gasteiger partial charge in [0.15, 0.2) is 0 Å². The molecule has 23 heavy (non-hydrogen) atoms. The van der Waals surface area contributed by atoms with Crippen molar-refractivity contribution in [3.05, 3.63) is 42.0 Å². The molecule has 122 valence electrons. The van der Waals surface area contributed by atoms with E-state index < -0.39 is 0 Å². The third-order valence-electron chi connectivity index (χ3n) is 4.49. The van der Waals surface area contributed by atoms with E-state index in [4.69, 9.17) is 5.11 Å². The molecule has 0 radical (unpaired) electrons. The zero-order chi connectivity index (χ0) is 16.4. The molecule has 1 aromatic rings. The number of amides is 2. The molecule has 0 aromatic heterocycles. The first-order chi connectivity index (χ1) is 11.1. The van der Waals surface area contributed by atoms with Crippen molar-refractivity contribution in [3.63, 3.8) is 0 Å². The molecule has 1 aromatic carbocycles. The van der Waals surface area contributed by atoms with Gasteiger partial charge in [-0.25, -0.2) is 0 Å². The molecular weight excluding hydrogens is 292 g/mol. The number of carbonyl (C=O) groups is 2. The van der Waals surface area contributed by atoms with Crippen LogP contribution in [0, 0.1) is 11.8 Å². The number of hydrogen-bond acceptors (Lipinski definition) is 3. The van der Waals surface area contributed by atoms with Gasteiger partial charge in [-0.05, 0) is 31.4 Å². The number of nitrogens with zero attached hydrogens (tertiary/aromatic N) is 1. The third-order valence-corrected chi connectivity index (χ3v) is 4.49. The van der Waals surface area contributed by atoms with Gasteiger partial charge in [-0.2, -0.15) is 0 Å². The lowest BCUT2D eigenvalue weighted by Crippen LogP contribution is -2.35. The number of carbonyl (C=O) groups excluding carboxylic acids is 2. The number of para-hydroxylation sites is 1. The molecular formula is C18H22N2O3. The molecule has 0 aliphatic heterocycles. The maximum atomic E-state index is 12.6. The van der Waals surface area contributed by atoms with Gasteiger partial charge in [0, 0.05) is 31.5 Å². The van der Waals surface area contributed by atoms with E-state index >= 15 is 0 Å². The van der Waals surface area contributed by atoms with Crippen LogP contribution in [0.1, 0.15) is 29.6 Å². The van der Waals surface area contributed by atoms with E-state index in [9.17, 15) is 9.59 Å². The van der Waals surface area contributed by atoms with Crippen LogP contribution >= 0.6 is 0 Å². The van der Waals surface area contributed by atoms with Crippen LogP contribution in [0.5, 0.6) is 0 Å². The molecule has 0 unspecified atom stereocenters. The second kappa shape index (κ2) is 6.54. The Kier molecular flexibility index (Phi) is 4.48. The Labute approximate surface area is 136 Å². The standard InChI is InChI=1S/C18H22N2O3/c1-20(18(23)13-7-8-13)16-5-3-2-4-15(16)17(22)19-14-9-6-12(10-14)11-21/h2-6,9,12-14,21H,7-8,10-11H2,1H3,(H,19,22)/t12-,14+/m0/s1. The number of benzene rings is 1. The molecule has 0 spiro atoms. The molecule has 0 heterocycles. The van der Waals surface area contributed by atoms with Crippen LogP contribution < -0.4 is 10.2 Å². The molecule has 2 amide bonds. The molecule has 2 aliphatic rings. The van der Waals surface area contributed by atoms with Gasteiger partial charge in [0.1, 0.15) is 0 Å². The average molecular weight is 314 g/mol. The van der Waals surface area contributed by atoms with Gasteiger partial charge in [0.05, 0.1) is 11.3 Å². The van der Waals surface area contributed by atoms with E-state index in [1.54, 1.807) is 30.1 Å². The topological polar surface area (TPSA) is 69.6 Å². The summed E-state index contributed by atoms with van der Waals surface area (Å²) in [4.78, 5) is 26.4. The zero-order valence-corrected chi connectivity index (χ0v) is 13.2. The van der Waals surface area contributed by atoms with Crippen molar-refractivity contribution in [3.8, 4) is 0 Å². The number of rotatable bonds is 5. The quantitative estimate of drug-likeness (QED) is 0.813. The summed E-state index contributed by atoms with van der Waals surface area (Å²) in [7, 11) is 1.73. The summed E-state index contributed by atoms with van der Waals surface area (Å²) >= 11 is 0. The summed E-state index contributed by atoms with van der Waals surface area (Å²) in [6.45, 7) is 0.0953. The van der Waals surface area contributed by atoms with Crippen molar-refractivity contribution >= 4 is 17.5 Å². The second-order valence-corrected chi connectivity index (χ2v) is 6.33. The van der Waals surface area contributed by atoms with Crippen molar-refractivity contribution < 1.29 is 14.7 Å². The lowest BCUT2D eigenvalue weighted by molar-refractivity contribution is -0.119. The van der Waals surface area contributed by atoms with Gasteiger partial charge in [-0.15, -0.1) is 0 Å². The van der Waals surface area contributed by atoms with Gasteiger partial charge in [0.2, 0.25) is 5.91 Å². The third kappa shape index (κ3) is 3.45. The van der Waals surface area contributed by atoms with Crippen LogP contribution in [0.3, 0.4) is 0 Å². The zero-order valence-electron chi connectivity index (χ0n) is 13.2. The fourth-order valence-electron chi connectivity index (χ4n) is 2.94. The SMILES string of the molecule is CN(C(=O)C1CC1)c1ccccc1C(=O)N[C@@H]1C=C[C@H](CO)C1. The lowest BCUT2D eigenvalue weighted by Gasteiger charge is -2.21. The predicted octanol–water partition coefficient (Wildman–Crippen LogP) is 1.73. The Morgan fingerprint density at radius 3 is 2.65 bits per heavy atom. The molecule has 5 nitrogen and oxygen atoms in total. The molecule has 0 bridgehead atoms. The van der Waals surface area contributed by atoms with E-state index in [0.29, 0.717) is 17.7 Å². The highest BCUT2D eigenvalue weighted by molar-refractivity contribution is 6.05. The molecule has 3 rings (SSSR count). The maximum Gasteiger partial charge on any atom is 0.253 e. The first kappa shape index (κ1) is 15.7. The lowest BCUT2D eigenvalue weighted by atomic mass is 10.1. The van der Waals surface area contributed by atoms with Crippen LogP contribution in [0.2, 0.25) is 0 Å². The maximum absolute atomic E-state index is 12.6. The summed E-state index contributed by atoms with van der Waals surface area (Å²) in [6, 6.07) is 7.10. The smallest absolute Gasteiger partial charge is 0.253 e. The molecule has 1 saturated carbocycles. The van der Waals surface area contributed by atoms with Crippen LogP contribution in [0.25, 0.3) is 0 Å². The fourth-order valence-corrected chi connectivity index (χ4v) is 2.94. The summed E-state index contributed by atoms with van der Waals surface area (Å²) in [5.74, 6) is 0.101. The minimum atomic E-state index is -0.190. The van der Waals surface area contributed by atoms with E-state index in [-0.39, 0.29) is 36.3 Å².